The number of nitrogens with two attached hydrogens (primary N) is 1. The van der Waals surface area contributed by atoms with Gasteiger partial charge in [-0.25, -0.2) is 9.97 Å². The number of fused-ring (bicyclic) bond motifs is 1. The third kappa shape index (κ3) is 2.35. The van der Waals surface area contributed by atoms with Crippen molar-refractivity contribution in [3.05, 3.63) is 16.8 Å². The van der Waals surface area contributed by atoms with Crippen LogP contribution < -0.4 is 10.6 Å². The summed E-state index contributed by atoms with van der Waals surface area (Å²) < 4.78 is 0. The van der Waals surface area contributed by atoms with Gasteiger partial charge in [-0.2, -0.15) is 0 Å². The number of primary amides is 1. The summed E-state index contributed by atoms with van der Waals surface area (Å²) in [5.41, 5.74) is 5.39. The number of aryl methyl sites for hydroxylation is 2. The van der Waals surface area contributed by atoms with Crippen molar-refractivity contribution in [2.24, 2.45) is 11.7 Å². The molecule has 2 N–H and O–H groups in total. The average Bonchev–Trinajstić information content (AvgIpc) is 2.78. The van der Waals surface area contributed by atoms with Gasteiger partial charge in [0.1, 0.15) is 16.5 Å². The molecule has 0 bridgehead atoms. The largest absolute Gasteiger partial charge is 0.369 e. The maximum Gasteiger partial charge on any atom is 0.220 e. The molecule has 1 aliphatic heterocycles. The van der Waals surface area contributed by atoms with Crippen LogP contribution in [0.4, 0.5) is 5.82 Å². The number of hydrogen-bond acceptors (Lipinski definition) is 5. The molecule has 5 nitrogen and oxygen atoms in total. The van der Waals surface area contributed by atoms with E-state index in [-0.39, 0.29) is 11.8 Å². The smallest absolute Gasteiger partial charge is 0.220 e. The maximum absolute atomic E-state index is 11.2. The summed E-state index contributed by atoms with van der Waals surface area (Å²) in [6.45, 7) is 5.67. The lowest BCUT2D eigenvalue weighted by Gasteiger charge is -2.31. The number of thiophene rings is 1. The normalized spacial score (nSPS) is 16.8. The fourth-order valence-electron chi connectivity index (χ4n) is 2.75. The van der Waals surface area contributed by atoms with Crippen molar-refractivity contribution in [1.82, 2.24) is 9.97 Å². The summed E-state index contributed by atoms with van der Waals surface area (Å²) in [6.07, 6.45) is 1.62. The number of anilines is 1. The third-order valence-corrected chi connectivity index (χ3v) is 4.75. The van der Waals surface area contributed by atoms with Crippen molar-refractivity contribution in [2.45, 2.75) is 26.7 Å². The minimum Gasteiger partial charge on any atom is -0.369 e. The minimum atomic E-state index is -0.181. The van der Waals surface area contributed by atoms with E-state index in [1.54, 1.807) is 11.3 Å². The molecule has 3 heterocycles. The van der Waals surface area contributed by atoms with Gasteiger partial charge >= 0.3 is 0 Å². The first kappa shape index (κ1) is 13.3. The second-order valence-corrected chi connectivity index (χ2v) is 6.57. The van der Waals surface area contributed by atoms with Gasteiger partial charge in [0.2, 0.25) is 5.91 Å². The van der Waals surface area contributed by atoms with Crippen LogP contribution in [0.25, 0.3) is 10.2 Å². The molecule has 0 radical (unpaired) electrons. The van der Waals surface area contributed by atoms with Gasteiger partial charge in [-0.1, -0.05) is 0 Å². The van der Waals surface area contributed by atoms with Crippen LogP contribution in [0.2, 0.25) is 0 Å². The molecule has 2 aromatic rings. The van der Waals surface area contributed by atoms with Gasteiger partial charge in [-0.3, -0.25) is 4.79 Å². The standard InChI is InChI=1S/C14H18N4OS/c1-8-7-11-13(16-9(2)17-14(11)20-8)18-5-3-10(4-6-18)12(15)19/h7,10H,3-6H2,1-2H3,(H2,15,19). The Hall–Kier alpha value is -1.69. The maximum atomic E-state index is 11.2. The van der Waals surface area contributed by atoms with Crippen LogP contribution in [0.1, 0.15) is 23.5 Å². The summed E-state index contributed by atoms with van der Waals surface area (Å²) in [6, 6.07) is 2.15. The highest BCUT2D eigenvalue weighted by molar-refractivity contribution is 7.18. The summed E-state index contributed by atoms with van der Waals surface area (Å²) >= 11 is 1.70. The lowest BCUT2D eigenvalue weighted by molar-refractivity contribution is -0.122. The number of hydrogen-bond donors (Lipinski definition) is 1. The van der Waals surface area contributed by atoms with Crippen molar-refractivity contribution >= 4 is 33.3 Å². The number of amides is 1. The van der Waals surface area contributed by atoms with E-state index in [0.717, 1.165) is 47.8 Å². The fraction of sp³-hybridized carbons (Fsp3) is 0.500. The minimum absolute atomic E-state index is 0.00823. The first-order valence-electron chi connectivity index (χ1n) is 6.83. The number of rotatable bonds is 2. The molecule has 1 saturated heterocycles. The number of carbonyl (C=O) groups is 1. The highest BCUT2D eigenvalue weighted by Crippen LogP contribution is 2.32. The quantitative estimate of drug-likeness (QED) is 0.918. The van der Waals surface area contributed by atoms with Crippen LogP contribution >= 0.6 is 11.3 Å². The predicted octanol–water partition coefficient (Wildman–Crippen LogP) is 2.01. The van der Waals surface area contributed by atoms with Gasteiger partial charge in [0.05, 0.1) is 5.39 Å². The van der Waals surface area contributed by atoms with Gasteiger partial charge in [-0.15, -0.1) is 11.3 Å². The average molecular weight is 290 g/mol. The predicted molar refractivity (Wildman–Crippen MR) is 81.0 cm³/mol. The van der Waals surface area contributed by atoms with Crippen LogP contribution in [0.5, 0.6) is 0 Å². The zero-order valence-corrected chi connectivity index (χ0v) is 12.5. The molecule has 0 aliphatic carbocycles. The zero-order valence-electron chi connectivity index (χ0n) is 11.7. The molecule has 0 aromatic carbocycles. The van der Waals surface area contributed by atoms with Crippen LogP contribution in [0.3, 0.4) is 0 Å². The SMILES string of the molecule is Cc1nc(N2CCC(C(N)=O)CC2)c2cc(C)sc2n1. The molecule has 0 unspecified atom stereocenters. The molecule has 20 heavy (non-hydrogen) atoms. The van der Waals surface area contributed by atoms with E-state index in [0.29, 0.717) is 0 Å². The van der Waals surface area contributed by atoms with Crippen molar-refractivity contribution < 1.29 is 4.79 Å². The molecular formula is C14H18N4OS. The second-order valence-electron chi connectivity index (χ2n) is 5.33. The molecule has 0 saturated carbocycles. The van der Waals surface area contributed by atoms with Crippen LogP contribution in [0, 0.1) is 19.8 Å². The summed E-state index contributed by atoms with van der Waals surface area (Å²) in [4.78, 5) is 24.9. The van der Waals surface area contributed by atoms with E-state index in [9.17, 15) is 4.79 Å². The number of carbonyl (C=O) groups excluding carboxylic acids is 1. The summed E-state index contributed by atoms with van der Waals surface area (Å²) in [7, 11) is 0. The Bertz CT molecular complexity index is 658. The van der Waals surface area contributed by atoms with Gasteiger partial charge < -0.3 is 10.6 Å². The first-order chi connectivity index (χ1) is 9.54. The van der Waals surface area contributed by atoms with Crippen molar-refractivity contribution in [3.8, 4) is 0 Å². The molecule has 2 aromatic heterocycles. The van der Waals surface area contributed by atoms with Gasteiger partial charge in [0.15, 0.2) is 0 Å². The third-order valence-electron chi connectivity index (χ3n) is 3.80. The Kier molecular flexibility index (Phi) is 3.33. The number of nitrogens with zero attached hydrogens (tertiary/aromatic N) is 3. The molecule has 3 rings (SSSR count). The van der Waals surface area contributed by atoms with Crippen molar-refractivity contribution in [1.29, 1.82) is 0 Å². The van der Waals surface area contributed by atoms with Crippen molar-refractivity contribution in [3.63, 3.8) is 0 Å². The van der Waals surface area contributed by atoms with Crippen LogP contribution in [-0.4, -0.2) is 29.0 Å². The monoisotopic (exact) mass is 290 g/mol. The molecule has 0 atom stereocenters. The Morgan fingerprint density at radius 1 is 1.35 bits per heavy atom. The second kappa shape index (κ2) is 5.01. The van der Waals surface area contributed by atoms with E-state index >= 15 is 0 Å². The molecule has 1 amide bonds. The van der Waals surface area contributed by atoms with Gasteiger partial charge in [0, 0.05) is 23.9 Å². The van der Waals surface area contributed by atoms with E-state index in [2.05, 4.69) is 27.9 Å². The molecule has 106 valence electrons. The molecule has 0 spiro atoms. The molecule has 6 heteroatoms. The lowest BCUT2D eigenvalue weighted by Crippen LogP contribution is -2.39. The Labute approximate surface area is 121 Å². The first-order valence-corrected chi connectivity index (χ1v) is 7.65. The van der Waals surface area contributed by atoms with Crippen molar-refractivity contribution in [2.75, 3.05) is 18.0 Å². The van der Waals surface area contributed by atoms with Crippen LogP contribution in [-0.2, 0) is 4.79 Å². The molecule has 1 fully saturated rings. The van der Waals surface area contributed by atoms with Gasteiger partial charge in [0.25, 0.3) is 0 Å². The summed E-state index contributed by atoms with van der Waals surface area (Å²) in [5, 5.41) is 1.12. The fourth-order valence-corrected chi connectivity index (χ4v) is 3.67. The number of piperidine rings is 1. The Morgan fingerprint density at radius 3 is 2.70 bits per heavy atom. The zero-order chi connectivity index (χ0) is 14.3. The Balaban J connectivity index is 1.93. The lowest BCUT2D eigenvalue weighted by atomic mass is 9.96. The van der Waals surface area contributed by atoms with E-state index in [4.69, 9.17) is 5.73 Å². The van der Waals surface area contributed by atoms with Gasteiger partial charge in [-0.05, 0) is 32.8 Å². The van der Waals surface area contributed by atoms with E-state index < -0.39 is 0 Å². The van der Waals surface area contributed by atoms with Crippen LogP contribution in [0.15, 0.2) is 6.07 Å². The highest BCUT2D eigenvalue weighted by Gasteiger charge is 2.25. The summed E-state index contributed by atoms with van der Waals surface area (Å²) in [5.74, 6) is 1.63. The number of aromatic nitrogens is 2. The highest BCUT2D eigenvalue weighted by atomic mass is 32.1. The topological polar surface area (TPSA) is 72.1 Å². The van der Waals surface area contributed by atoms with E-state index in [1.165, 1.54) is 4.88 Å². The Morgan fingerprint density at radius 2 is 2.05 bits per heavy atom. The molecule has 1 aliphatic rings. The molecular weight excluding hydrogens is 272 g/mol. The van der Waals surface area contributed by atoms with E-state index in [1.807, 2.05) is 6.92 Å².